The van der Waals surface area contributed by atoms with E-state index in [2.05, 4.69) is 5.10 Å². The Morgan fingerprint density at radius 2 is 1.90 bits per heavy atom. The molecule has 2 N–H and O–H groups in total. The van der Waals surface area contributed by atoms with E-state index in [-0.39, 0.29) is 4.90 Å². The van der Waals surface area contributed by atoms with Crippen LogP contribution < -0.4 is 5.73 Å². The van der Waals surface area contributed by atoms with Gasteiger partial charge in [0.25, 0.3) is 0 Å². The van der Waals surface area contributed by atoms with Crippen molar-refractivity contribution >= 4 is 15.5 Å². The van der Waals surface area contributed by atoms with E-state index in [4.69, 9.17) is 5.73 Å². The largest absolute Gasteiger partial charge is 0.397 e. The molecule has 5 nitrogen and oxygen atoms in total. The van der Waals surface area contributed by atoms with Crippen LogP contribution in [0, 0.1) is 0 Å². The maximum atomic E-state index is 11.5. The lowest BCUT2D eigenvalue weighted by atomic mass is 10.2. The lowest BCUT2D eigenvalue weighted by Crippen LogP contribution is -2.07. The third kappa shape index (κ3) is 2.70. The Morgan fingerprint density at radius 1 is 1.20 bits per heavy atom. The van der Waals surface area contributed by atoms with Gasteiger partial charge in [0.2, 0.25) is 0 Å². The standard InChI is InChI=1S/C14H19N3O2S/c1-4-10-8-11(5-2)17(16-10)14-7-6-12(9-13(14)15)20(3,18)19/h6-9H,4-5,15H2,1-3H3. The van der Waals surface area contributed by atoms with Crippen molar-refractivity contribution in [2.45, 2.75) is 31.6 Å². The average molecular weight is 293 g/mol. The van der Waals surface area contributed by atoms with E-state index < -0.39 is 9.84 Å². The zero-order valence-corrected chi connectivity index (χ0v) is 12.7. The highest BCUT2D eigenvalue weighted by Gasteiger charge is 2.13. The maximum absolute atomic E-state index is 11.5. The van der Waals surface area contributed by atoms with Crippen LogP contribution in [0.1, 0.15) is 25.2 Å². The summed E-state index contributed by atoms with van der Waals surface area (Å²) < 4.78 is 24.8. The number of hydrogen-bond acceptors (Lipinski definition) is 4. The average Bonchev–Trinajstić information content (AvgIpc) is 2.80. The van der Waals surface area contributed by atoms with Crippen molar-refractivity contribution in [3.05, 3.63) is 35.7 Å². The van der Waals surface area contributed by atoms with Gasteiger partial charge >= 0.3 is 0 Å². The predicted octanol–water partition coefficient (Wildman–Crippen LogP) is 1.98. The summed E-state index contributed by atoms with van der Waals surface area (Å²) in [4.78, 5) is 0.222. The summed E-state index contributed by atoms with van der Waals surface area (Å²) in [5, 5.41) is 4.51. The van der Waals surface area contributed by atoms with Crippen LogP contribution >= 0.6 is 0 Å². The number of aromatic nitrogens is 2. The molecule has 0 atom stereocenters. The number of rotatable bonds is 4. The second-order valence-corrected chi connectivity index (χ2v) is 6.75. The SMILES string of the molecule is CCc1cc(CC)n(-c2ccc(S(C)(=O)=O)cc2N)n1. The fourth-order valence-electron chi connectivity index (χ4n) is 2.06. The minimum absolute atomic E-state index is 0.222. The number of aryl methyl sites for hydroxylation is 2. The number of sulfone groups is 1. The smallest absolute Gasteiger partial charge is 0.175 e. The normalized spacial score (nSPS) is 11.8. The van der Waals surface area contributed by atoms with E-state index in [1.807, 2.05) is 19.9 Å². The Morgan fingerprint density at radius 3 is 2.40 bits per heavy atom. The molecule has 0 spiro atoms. The topological polar surface area (TPSA) is 78.0 Å². The van der Waals surface area contributed by atoms with Crippen molar-refractivity contribution in [2.24, 2.45) is 0 Å². The highest BCUT2D eigenvalue weighted by Crippen LogP contribution is 2.23. The van der Waals surface area contributed by atoms with E-state index in [1.165, 1.54) is 12.3 Å². The summed E-state index contributed by atoms with van der Waals surface area (Å²) in [6.45, 7) is 4.09. The van der Waals surface area contributed by atoms with Crippen molar-refractivity contribution < 1.29 is 8.42 Å². The van der Waals surface area contributed by atoms with E-state index in [9.17, 15) is 8.42 Å². The van der Waals surface area contributed by atoms with Crippen molar-refractivity contribution in [1.29, 1.82) is 0 Å². The molecule has 2 rings (SSSR count). The summed E-state index contributed by atoms with van der Waals surface area (Å²) in [5.74, 6) is 0. The molecule has 0 fully saturated rings. The fourth-order valence-corrected chi connectivity index (χ4v) is 2.72. The lowest BCUT2D eigenvalue weighted by molar-refractivity contribution is 0.602. The molecule has 108 valence electrons. The summed E-state index contributed by atoms with van der Waals surface area (Å²) in [5.41, 5.74) is 9.18. The molecule has 1 aromatic carbocycles. The first-order chi connectivity index (χ1) is 9.36. The highest BCUT2D eigenvalue weighted by molar-refractivity contribution is 7.90. The number of anilines is 1. The molecule has 0 radical (unpaired) electrons. The molecule has 20 heavy (non-hydrogen) atoms. The van der Waals surface area contributed by atoms with Crippen molar-refractivity contribution in [3.8, 4) is 5.69 Å². The number of benzene rings is 1. The molecule has 0 saturated carbocycles. The first-order valence-corrected chi connectivity index (χ1v) is 8.43. The maximum Gasteiger partial charge on any atom is 0.175 e. The molecule has 0 unspecified atom stereocenters. The van der Waals surface area contributed by atoms with Crippen LogP contribution in [0.5, 0.6) is 0 Å². The van der Waals surface area contributed by atoms with Crippen LogP contribution in [-0.2, 0) is 22.7 Å². The molecule has 0 aliphatic rings. The molecule has 0 saturated heterocycles. The zero-order valence-electron chi connectivity index (χ0n) is 11.9. The molecule has 0 amide bonds. The van der Waals surface area contributed by atoms with Gasteiger partial charge in [-0.15, -0.1) is 0 Å². The Bertz CT molecular complexity index is 733. The minimum atomic E-state index is -3.25. The summed E-state index contributed by atoms with van der Waals surface area (Å²) in [6.07, 6.45) is 2.85. The number of nitrogens with two attached hydrogens (primary N) is 1. The second kappa shape index (κ2) is 5.28. The van der Waals surface area contributed by atoms with E-state index in [1.54, 1.807) is 16.8 Å². The molecule has 1 heterocycles. The highest BCUT2D eigenvalue weighted by atomic mass is 32.2. The lowest BCUT2D eigenvalue weighted by Gasteiger charge is -2.10. The first kappa shape index (κ1) is 14.6. The molecule has 0 bridgehead atoms. The molecular weight excluding hydrogens is 274 g/mol. The molecule has 6 heteroatoms. The van der Waals surface area contributed by atoms with Gasteiger partial charge in [0, 0.05) is 11.9 Å². The van der Waals surface area contributed by atoms with E-state index in [0.29, 0.717) is 11.4 Å². The molecule has 1 aromatic heterocycles. The van der Waals surface area contributed by atoms with Gasteiger partial charge in [-0.25, -0.2) is 13.1 Å². The summed E-state index contributed by atoms with van der Waals surface area (Å²) in [6, 6.07) is 6.80. The summed E-state index contributed by atoms with van der Waals surface area (Å²) >= 11 is 0. The van der Waals surface area contributed by atoms with Crippen molar-refractivity contribution in [3.63, 3.8) is 0 Å². The Hall–Kier alpha value is -1.82. The van der Waals surface area contributed by atoms with Gasteiger partial charge in [0.05, 0.1) is 22.0 Å². The molecule has 0 aliphatic carbocycles. The van der Waals surface area contributed by atoms with Gasteiger partial charge < -0.3 is 5.73 Å². The first-order valence-electron chi connectivity index (χ1n) is 6.54. The third-order valence-corrected chi connectivity index (χ3v) is 4.32. The number of nitrogens with zero attached hydrogens (tertiary/aromatic N) is 2. The van der Waals surface area contributed by atoms with Crippen LogP contribution in [0.4, 0.5) is 5.69 Å². The van der Waals surface area contributed by atoms with Crippen LogP contribution in [-0.4, -0.2) is 24.5 Å². The van der Waals surface area contributed by atoms with Crippen LogP contribution in [0.25, 0.3) is 5.69 Å². The van der Waals surface area contributed by atoms with Gasteiger partial charge in [-0.05, 0) is 37.1 Å². The van der Waals surface area contributed by atoms with Crippen LogP contribution in [0.2, 0.25) is 0 Å². The third-order valence-electron chi connectivity index (χ3n) is 3.21. The zero-order chi connectivity index (χ0) is 14.9. The Balaban J connectivity index is 2.56. The fraction of sp³-hybridized carbons (Fsp3) is 0.357. The van der Waals surface area contributed by atoms with Crippen molar-refractivity contribution in [2.75, 3.05) is 12.0 Å². The van der Waals surface area contributed by atoms with Gasteiger partial charge in [-0.3, -0.25) is 0 Å². The molecule has 2 aromatic rings. The monoisotopic (exact) mass is 293 g/mol. The van der Waals surface area contributed by atoms with E-state index >= 15 is 0 Å². The number of hydrogen-bond donors (Lipinski definition) is 1. The Kier molecular flexibility index (Phi) is 3.85. The molecule has 0 aliphatic heterocycles. The van der Waals surface area contributed by atoms with Gasteiger partial charge in [0.15, 0.2) is 9.84 Å². The van der Waals surface area contributed by atoms with Gasteiger partial charge in [-0.2, -0.15) is 5.10 Å². The summed E-state index contributed by atoms with van der Waals surface area (Å²) in [7, 11) is -3.25. The predicted molar refractivity (Wildman–Crippen MR) is 79.8 cm³/mol. The van der Waals surface area contributed by atoms with Gasteiger partial charge in [0.1, 0.15) is 0 Å². The Labute approximate surface area is 119 Å². The van der Waals surface area contributed by atoms with Crippen molar-refractivity contribution in [1.82, 2.24) is 9.78 Å². The van der Waals surface area contributed by atoms with Gasteiger partial charge in [-0.1, -0.05) is 13.8 Å². The van der Waals surface area contributed by atoms with Crippen LogP contribution in [0.3, 0.4) is 0 Å². The molecular formula is C14H19N3O2S. The second-order valence-electron chi connectivity index (χ2n) is 4.74. The number of nitrogen functional groups attached to an aromatic ring is 1. The quantitative estimate of drug-likeness (QED) is 0.874. The van der Waals surface area contributed by atoms with E-state index in [0.717, 1.165) is 24.2 Å². The minimum Gasteiger partial charge on any atom is -0.397 e. The van der Waals surface area contributed by atoms with Crippen LogP contribution in [0.15, 0.2) is 29.2 Å².